The quantitative estimate of drug-likeness (QED) is 0.571. The molecule has 0 N–H and O–H groups in total. The highest BCUT2D eigenvalue weighted by molar-refractivity contribution is 7.09. The van der Waals surface area contributed by atoms with Gasteiger partial charge in [0.1, 0.15) is 0 Å². The number of aryl methyl sites for hydroxylation is 1. The summed E-state index contributed by atoms with van der Waals surface area (Å²) in [4.78, 5) is 14.8. The maximum atomic E-state index is 10.1. The predicted octanol–water partition coefficient (Wildman–Crippen LogP) is 3.09. The second-order valence-corrected chi connectivity index (χ2v) is 3.89. The molecule has 74 valence electrons. The maximum Gasteiger partial charge on any atom is 0.240 e. The minimum atomic E-state index is 0.619. The third kappa shape index (κ3) is 2.18. The molecule has 1 aromatic heterocycles. The predicted molar refractivity (Wildman–Crippen MR) is 60.1 cm³/mol. The Morgan fingerprint density at radius 1 is 1.40 bits per heavy atom. The van der Waals surface area contributed by atoms with Crippen LogP contribution < -0.4 is 0 Å². The van der Waals surface area contributed by atoms with Crippen LogP contribution >= 0.6 is 11.5 Å². The summed E-state index contributed by atoms with van der Waals surface area (Å²) in [5, 5.41) is 0. The molecule has 0 aliphatic heterocycles. The number of nitrogens with zero attached hydrogens (tertiary/aromatic N) is 2. The van der Waals surface area contributed by atoms with E-state index in [1.807, 2.05) is 31.2 Å². The summed E-state index contributed by atoms with van der Waals surface area (Å²) in [5.74, 6) is 0. The van der Waals surface area contributed by atoms with E-state index in [1.165, 1.54) is 17.6 Å². The SMILES string of the molecule is Cc1cc(-c2cccc(N=C=O)c2)sn1. The summed E-state index contributed by atoms with van der Waals surface area (Å²) in [7, 11) is 0. The summed E-state index contributed by atoms with van der Waals surface area (Å²) in [6, 6.07) is 9.45. The van der Waals surface area contributed by atoms with Gasteiger partial charge in [-0.15, -0.1) is 0 Å². The Hall–Kier alpha value is -1.77. The van der Waals surface area contributed by atoms with Crippen molar-refractivity contribution < 1.29 is 4.79 Å². The van der Waals surface area contributed by atoms with E-state index in [0.29, 0.717) is 5.69 Å². The topological polar surface area (TPSA) is 42.3 Å². The summed E-state index contributed by atoms with van der Waals surface area (Å²) < 4.78 is 4.20. The lowest BCUT2D eigenvalue weighted by Gasteiger charge is -1.96. The van der Waals surface area contributed by atoms with Crippen molar-refractivity contribution in [3.05, 3.63) is 36.0 Å². The average Bonchev–Trinajstić information content (AvgIpc) is 2.66. The highest BCUT2D eigenvalue weighted by Gasteiger charge is 2.02. The first-order chi connectivity index (χ1) is 7.29. The number of hydrogen-bond acceptors (Lipinski definition) is 4. The molecule has 0 saturated heterocycles. The van der Waals surface area contributed by atoms with Gasteiger partial charge in [-0.05, 0) is 42.2 Å². The van der Waals surface area contributed by atoms with Gasteiger partial charge in [-0.25, -0.2) is 4.79 Å². The second kappa shape index (κ2) is 4.17. The van der Waals surface area contributed by atoms with Crippen LogP contribution in [0.1, 0.15) is 5.69 Å². The van der Waals surface area contributed by atoms with Crippen molar-refractivity contribution in [2.24, 2.45) is 4.99 Å². The van der Waals surface area contributed by atoms with Crippen molar-refractivity contribution in [2.45, 2.75) is 6.92 Å². The first-order valence-electron chi connectivity index (χ1n) is 4.41. The molecule has 0 saturated carbocycles. The molecule has 0 radical (unpaired) electrons. The smallest absolute Gasteiger partial charge is 0.211 e. The highest BCUT2D eigenvalue weighted by atomic mass is 32.1. The molecular formula is C11H8N2OS. The molecule has 0 unspecified atom stereocenters. The summed E-state index contributed by atoms with van der Waals surface area (Å²) >= 11 is 1.44. The minimum Gasteiger partial charge on any atom is -0.211 e. The maximum absolute atomic E-state index is 10.1. The monoisotopic (exact) mass is 216 g/mol. The number of hydrogen-bond donors (Lipinski definition) is 0. The molecule has 0 aliphatic rings. The summed E-state index contributed by atoms with van der Waals surface area (Å²) in [6.45, 7) is 1.95. The van der Waals surface area contributed by atoms with E-state index in [1.54, 1.807) is 6.07 Å². The van der Waals surface area contributed by atoms with Crippen molar-refractivity contribution in [3.63, 3.8) is 0 Å². The van der Waals surface area contributed by atoms with E-state index in [-0.39, 0.29) is 0 Å². The Kier molecular flexibility index (Phi) is 2.72. The number of isocyanates is 1. The number of aliphatic imine (C=N–C) groups is 1. The van der Waals surface area contributed by atoms with Crippen LogP contribution in [-0.4, -0.2) is 10.5 Å². The van der Waals surface area contributed by atoms with Gasteiger partial charge in [-0.3, -0.25) is 0 Å². The summed E-state index contributed by atoms with van der Waals surface area (Å²) in [6.07, 6.45) is 1.53. The van der Waals surface area contributed by atoms with E-state index in [2.05, 4.69) is 9.37 Å². The van der Waals surface area contributed by atoms with Crippen LogP contribution in [0.5, 0.6) is 0 Å². The van der Waals surface area contributed by atoms with Crippen LogP contribution in [0.4, 0.5) is 5.69 Å². The van der Waals surface area contributed by atoms with Crippen LogP contribution in [0.3, 0.4) is 0 Å². The van der Waals surface area contributed by atoms with Crippen LogP contribution in [0.2, 0.25) is 0 Å². The third-order valence-corrected chi connectivity index (χ3v) is 2.86. The Labute approximate surface area is 91.3 Å². The Morgan fingerprint density at radius 2 is 2.27 bits per heavy atom. The number of aromatic nitrogens is 1. The lowest BCUT2D eigenvalue weighted by molar-refractivity contribution is 0.565. The molecule has 0 spiro atoms. The zero-order valence-electron chi connectivity index (χ0n) is 8.10. The number of benzene rings is 1. The lowest BCUT2D eigenvalue weighted by Crippen LogP contribution is -1.71. The molecule has 0 aliphatic carbocycles. The molecular weight excluding hydrogens is 208 g/mol. The van der Waals surface area contributed by atoms with Gasteiger partial charge in [-0.2, -0.15) is 9.37 Å². The van der Waals surface area contributed by atoms with Gasteiger partial charge in [0.05, 0.1) is 16.3 Å². The third-order valence-electron chi connectivity index (χ3n) is 1.93. The van der Waals surface area contributed by atoms with Gasteiger partial charge >= 0.3 is 0 Å². The van der Waals surface area contributed by atoms with E-state index in [0.717, 1.165) is 16.1 Å². The van der Waals surface area contributed by atoms with Crippen molar-refractivity contribution in [1.29, 1.82) is 0 Å². The number of carbonyl (C=O) groups excluding carboxylic acids is 1. The first-order valence-corrected chi connectivity index (χ1v) is 5.18. The molecule has 4 heteroatoms. The van der Waals surface area contributed by atoms with E-state index >= 15 is 0 Å². The minimum absolute atomic E-state index is 0.619. The highest BCUT2D eigenvalue weighted by Crippen LogP contribution is 2.27. The molecule has 15 heavy (non-hydrogen) atoms. The van der Waals surface area contributed by atoms with E-state index < -0.39 is 0 Å². The molecule has 0 fully saturated rings. The van der Waals surface area contributed by atoms with Gasteiger partial charge in [0.25, 0.3) is 0 Å². The van der Waals surface area contributed by atoms with Crippen LogP contribution in [0.25, 0.3) is 10.4 Å². The van der Waals surface area contributed by atoms with Crippen LogP contribution in [-0.2, 0) is 4.79 Å². The normalized spacial score (nSPS) is 9.67. The molecule has 1 heterocycles. The van der Waals surface area contributed by atoms with E-state index in [4.69, 9.17) is 0 Å². The van der Waals surface area contributed by atoms with Crippen molar-refractivity contribution in [3.8, 4) is 10.4 Å². The Morgan fingerprint density at radius 3 is 2.93 bits per heavy atom. The standard InChI is InChI=1S/C11H8N2OS/c1-8-5-11(15-13-8)9-3-2-4-10(6-9)12-7-14/h2-6H,1H3. The van der Waals surface area contributed by atoms with Gasteiger partial charge in [0.15, 0.2) is 0 Å². The Balaban J connectivity index is 2.44. The molecule has 0 bridgehead atoms. The van der Waals surface area contributed by atoms with E-state index in [9.17, 15) is 4.79 Å². The van der Waals surface area contributed by atoms with Crippen molar-refractivity contribution in [1.82, 2.24) is 4.37 Å². The van der Waals surface area contributed by atoms with Gasteiger partial charge in [0, 0.05) is 0 Å². The Bertz CT molecular complexity index is 527. The zero-order chi connectivity index (χ0) is 10.7. The molecule has 1 aromatic carbocycles. The first kappa shape index (κ1) is 9.77. The average molecular weight is 216 g/mol. The van der Waals surface area contributed by atoms with Crippen LogP contribution in [0.15, 0.2) is 35.3 Å². The summed E-state index contributed by atoms with van der Waals surface area (Å²) in [5.41, 5.74) is 2.64. The fraction of sp³-hybridized carbons (Fsp3) is 0.0909. The molecule has 0 amide bonds. The largest absolute Gasteiger partial charge is 0.240 e. The van der Waals surface area contributed by atoms with Crippen molar-refractivity contribution in [2.75, 3.05) is 0 Å². The molecule has 2 rings (SSSR count). The zero-order valence-corrected chi connectivity index (χ0v) is 8.91. The van der Waals surface area contributed by atoms with Crippen molar-refractivity contribution >= 4 is 23.3 Å². The molecule has 0 atom stereocenters. The fourth-order valence-corrected chi connectivity index (χ4v) is 2.03. The fourth-order valence-electron chi connectivity index (χ4n) is 1.28. The molecule has 2 aromatic rings. The number of rotatable bonds is 2. The van der Waals surface area contributed by atoms with Gasteiger partial charge < -0.3 is 0 Å². The van der Waals surface area contributed by atoms with Crippen LogP contribution in [0, 0.1) is 6.92 Å². The second-order valence-electron chi connectivity index (χ2n) is 3.09. The van der Waals surface area contributed by atoms with Gasteiger partial charge in [0.2, 0.25) is 6.08 Å². The lowest BCUT2D eigenvalue weighted by atomic mass is 10.1. The van der Waals surface area contributed by atoms with Gasteiger partial charge in [-0.1, -0.05) is 12.1 Å². The molecule has 3 nitrogen and oxygen atoms in total.